The summed E-state index contributed by atoms with van der Waals surface area (Å²) in [6, 6.07) is 7.11. The molecule has 1 aromatic carbocycles. The lowest BCUT2D eigenvalue weighted by Gasteiger charge is -2.14. The summed E-state index contributed by atoms with van der Waals surface area (Å²) in [6.45, 7) is -0.186. The number of carbonyl (C=O) groups excluding carboxylic acids is 3. The van der Waals surface area contributed by atoms with Crippen molar-refractivity contribution in [1.82, 2.24) is 9.88 Å². The van der Waals surface area contributed by atoms with Gasteiger partial charge in [-0.1, -0.05) is 12.1 Å². The second-order valence-corrected chi connectivity index (χ2v) is 8.86. The number of carbonyl (C=O) groups is 3. The average Bonchev–Trinajstić information content (AvgIpc) is 2.82. The van der Waals surface area contributed by atoms with Gasteiger partial charge in [-0.05, 0) is 37.1 Å². The monoisotopic (exact) mass is 506 g/mol. The Morgan fingerprint density at radius 2 is 1.91 bits per heavy atom. The SMILES string of the molecule is COC(=O)c1ccccc1S(=O)(=O)Nc1cccn(CC(=O)N[C@H](C=O)CCCN=C(N)N)c1=O. The first-order valence-electron chi connectivity index (χ1n) is 10.3. The molecular weight excluding hydrogens is 480 g/mol. The molecule has 6 N–H and O–H groups in total. The van der Waals surface area contributed by atoms with Crippen LogP contribution in [0.1, 0.15) is 23.2 Å². The van der Waals surface area contributed by atoms with Crippen molar-refractivity contribution in [3.8, 4) is 0 Å². The maximum absolute atomic E-state index is 12.9. The van der Waals surface area contributed by atoms with Crippen LogP contribution >= 0.6 is 0 Å². The molecule has 1 heterocycles. The smallest absolute Gasteiger partial charge is 0.339 e. The minimum absolute atomic E-state index is 0.0830. The summed E-state index contributed by atoms with van der Waals surface area (Å²) in [4.78, 5) is 51.7. The van der Waals surface area contributed by atoms with E-state index in [1.54, 1.807) is 0 Å². The summed E-state index contributed by atoms with van der Waals surface area (Å²) in [6.07, 6.45) is 2.56. The molecule has 1 atom stereocenters. The summed E-state index contributed by atoms with van der Waals surface area (Å²) in [5.74, 6) is -1.58. The van der Waals surface area contributed by atoms with Crippen LogP contribution in [0.5, 0.6) is 0 Å². The lowest BCUT2D eigenvalue weighted by molar-refractivity contribution is -0.124. The Kier molecular flexibility index (Phi) is 9.52. The lowest BCUT2D eigenvalue weighted by Crippen LogP contribution is -2.40. The zero-order chi connectivity index (χ0) is 26.0. The Morgan fingerprint density at radius 3 is 2.57 bits per heavy atom. The minimum Gasteiger partial charge on any atom is -0.465 e. The topological polar surface area (TPSA) is 205 Å². The van der Waals surface area contributed by atoms with Gasteiger partial charge in [0.15, 0.2) is 5.96 Å². The van der Waals surface area contributed by atoms with Gasteiger partial charge in [0.1, 0.15) is 23.4 Å². The molecule has 0 bridgehead atoms. The molecule has 0 fully saturated rings. The number of anilines is 1. The van der Waals surface area contributed by atoms with Gasteiger partial charge in [0.2, 0.25) is 5.91 Å². The largest absolute Gasteiger partial charge is 0.465 e. The highest BCUT2D eigenvalue weighted by Crippen LogP contribution is 2.19. The average molecular weight is 507 g/mol. The first-order chi connectivity index (χ1) is 16.6. The molecule has 0 radical (unpaired) electrons. The number of nitrogens with zero attached hydrogens (tertiary/aromatic N) is 2. The first-order valence-corrected chi connectivity index (χ1v) is 11.8. The second kappa shape index (κ2) is 12.3. The highest BCUT2D eigenvalue weighted by atomic mass is 32.2. The second-order valence-electron chi connectivity index (χ2n) is 7.21. The fourth-order valence-electron chi connectivity index (χ4n) is 3.02. The Morgan fingerprint density at radius 1 is 1.20 bits per heavy atom. The van der Waals surface area contributed by atoms with E-state index in [1.807, 2.05) is 0 Å². The maximum atomic E-state index is 12.9. The number of aromatic nitrogens is 1. The van der Waals surface area contributed by atoms with Crippen LogP contribution in [0, 0.1) is 0 Å². The molecule has 188 valence electrons. The number of aldehydes is 1. The Labute approximate surface area is 201 Å². The van der Waals surface area contributed by atoms with E-state index in [1.165, 1.54) is 42.6 Å². The van der Waals surface area contributed by atoms with Gasteiger partial charge in [0.25, 0.3) is 15.6 Å². The minimum atomic E-state index is -4.35. The molecular formula is C21H26N6O7S. The number of hydrogen-bond donors (Lipinski definition) is 4. The summed E-state index contributed by atoms with van der Waals surface area (Å²) < 4.78 is 33.5. The van der Waals surface area contributed by atoms with Crippen molar-refractivity contribution < 1.29 is 27.5 Å². The van der Waals surface area contributed by atoms with Crippen LogP contribution in [-0.2, 0) is 30.9 Å². The van der Waals surface area contributed by atoms with Gasteiger partial charge in [0.05, 0.1) is 18.7 Å². The number of rotatable bonds is 12. The molecule has 1 aromatic heterocycles. The molecule has 0 aliphatic carbocycles. The molecule has 1 amide bonds. The van der Waals surface area contributed by atoms with Gasteiger partial charge in [-0.15, -0.1) is 0 Å². The Balaban J connectivity index is 2.15. The Bertz CT molecular complexity index is 1270. The van der Waals surface area contributed by atoms with Crippen molar-refractivity contribution in [2.75, 3.05) is 18.4 Å². The van der Waals surface area contributed by atoms with Gasteiger partial charge in [0, 0.05) is 12.7 Å². The van der Waals surface area contributed by atoms with Crippen LogP contribution in [0.15, 0.2) is 57.3 Å². The molecule has 35 heavy (non-hydrogen) atoms. The zero-order valence-corrected chi connectivity index (χ0v) is 19.7. The van der Waals surface area contributed by atoms with E-state index in [0.717, 1.165) is 11.7 Å². The third kappa shape index (κ3) is 7.67. The molecule has 0 saturated heterocycles. The molecule has 2 aromatic rings. The van der Waals surface area contributed by atoms with Gasteiger partial charge < -0.3 is 30.9 Å². The van der Waals surface area contributed by atoms with Crippen LogP contribution in [0.4, 0.5) is 5.69 Å². The van der Waals surface area contributed by atoms with E-state index in [-0.39, 0.29) is 35.1 Å². The number of amides is 1. The lowest BCUT2D eigenvalue weighted by atomic mass is 10.2. The number of methoxy groups -OCH3 is 1. The Hall–Kier alpha value is -4.20. The van der Waals surface area contributed by atoms with Crippen molar-refractivity contribution in [2.45, 2.75) is 30.3 Å². The fraction of sp³-hybridized carbons (Fsp3) is 0.286. The highest BCUT2D eigenvalue weighted by Gasteiger charge is 2.24. The molecule has 0 saturated carbocycles. The third-order valence-electron chi connectivity index (χ3n) is 4.64. The number of pyridine rings is 1. The fourth-order valence-corrected chi connectivity index (χ4v) is 4.27. The number of benzene rings is 1. The maximum Gasteiger partial charge on any atom is 0.339 e. The molecule has 2 rings (SSSR count). The van der Waals surface area contributed by atoms with E-state index in [9.17, 15) is 27.6 Å². The van der Waals surface area contributed by atoms with Crippen molar-refractivity contribution in [2.24, 2.45) is 16.5 Å². The number of esters is 1. The first kappa shape index (κ1) is 27.0. The number of hydrogen-bond acceptors (Lipinski definition) is 8. The highest BCUT2D eigenvalue weighted by molar-refractivity contribution is 7.92. The van der Waals surface area contributed by atoms with E-state index >= 15 is 0 Å². The number of nitrogens with two attached hydrogens (primary N) is 2. The molecule has 14 heteroatoms. The van der Waals surface area contributed by atoms with Crippen LogP contribution in [-0.4, -0.2) is 56.8 Å². The van der Waals surface area contributed by atoms with Crippen molar-refractivity contribution in [3.05, 3.63) is 58.5 Å². The van der Waals surface area contributed by atoms with Crippen LogP contribution in [0.2, 0.25) is 0 Å². The summed E-state index contributed by atoms with van der Waals surface area (Å²) in [5, 5.41) is 2.48. The number of aliphatic imine (C=N–C) groups is 1. The number of guanidine groups is 1. The standard InChI is InChI=1S/C21H26N6O7S/c1-34-20(31)15-7-2-3-9-17(15)35(32,33)26-16-8-5-11-27(19(16)30)12-18(29)25-14(13-28)6-4-10-24-21(22)23/h2-3,5,7-9,11,13-14,26H,4,6,10,12H2,1H3,(H,25,29)(H4,22,23,24)/t14-/m0/s1. The summed E-state index contributed by atoms with van der Waals surface area (Å²) in [7, 11) is -3.24. The van der Waals surface area contributed by atoms with Crippen LogP contribution < -0.4 is 27.1 Å². The van der Waals surface area contributed by atoms with Crippen LogP contribution in [0.25, 0.3) is 0 Å². The molecule has 0 aliphatic heterocycles. The molecule has 0 aliphatic rings. The van der Waals surface area contributed by atoms with E-state index in [4.69, 9.17) is 11.5 Å². The van der Waals surface area contributed by atoms with E-state index in [2.05, 4.69) is 19.8 Å². The zero-order valence-electron chi connectivity index (χ0n) is 18.8. The van der Waals surface area contributed by atoms with Gasteiger partial charge >= 0.3 is 5.97 Å². The van der Waals surface area contributed by atoms with Gasteiger partial charge in [-0.2, -0.15) is 0 Å². The van der Waals surface area contributed by atoms with E-state index < -0.39 is 40.0 Å². The summed E-state index contributed by atoms with van der Waals surface area (Å²) >= 11 is 0. The quantitative estimate of drug-likeness (QED) is 0.0930. The molecule has 13 nitrogen and oxygen atoms in total. The van der Waals surface area contributed by atoms with Gasteiger partial charge in [-0.25, -0.2) is 13.2 Å². The molecule has 0 unspecified atom stereocenters. The third-order valence-corrected chi connectivity index (χ3v) is 6.06. The number of ether oxygens (including phenoxy) is 1. The van der Waals surface area contributed by atoms with Crippen molar-refractivity contribution in [3.63, 3.8) is 0 Å². The van der Waals surface area contributed by atoms with Gasteiger partial charge in [-0.3, -0.25) is 19.3 Å². The number of sulfonamides is 1. The number of nitrogens with one attached hydrogen (secondary N) is 2. The van der Waals surface area contributed by atoms with Crippen LogP contribution in [0.3, 0.4) is 0 Å². The predicted molar refractivity (Wildman–Crippen MR) is 127 cm³/mol. The normalized spacial score (nSPS) is 11.7. The van der Waals surface area contributed by atoms with E-state index in [0.29, 0.717) is 12.7 Å². The van der Waals surface area contributed by atoms with Crippen molar-refractivity contribution >= 4 is 39.8 Å². The summed E-state index contributed by atoms with van der Waals surface area (Å²) in [5.41, 5.74) is 9.09. The molecule has 0 spiro atoms. The van der Waals surface area contributed by atoms with Crippen molar-refractivity contribution in [1.29, 1.82) is 0 Å². The predicted octanol–water partition coefficient (Wildman–Crippen LogP) is -0.827.